The SMILES string of the molecule is CC[NH+](CN1C(=O)NC2(CCCCC2)C1=O)[C@H]1CCS(=O)(=O)C1. The summed E-state index contributed by atoms with van der Waals surface area (Å²) in [5.74, 6) is 0.255. The number of carbonyl (C=O) groups excluding carboxylic acids is 2. The molecule has 1 unspecified atom stereocenters. The van der Waals surface area contributed by atoms with E-state index in [2.05, 4.69) is 5.32 Å². The Morgan fingerprint density at radius 1 is 1.26 bits per heavy atom. The lowest BCUT2D eigenvalue weighted by Gasteiger charge is -2.31. The number of hydrogen-bond acceptors (Lipinski definition) is 4. The highest BCUT2D eigenvalue weighted by atomic mass is 32.2. The van der Waals surface area contributed by atoms with E-state index >= 15 is 0 Å². The fourth-order valence-electron chi connectivity index (χ4n) is 4.16. The van der Waals surface area contributed by atoms with Gasteiger partial charge in [0.05, 0.1) is 12.3 Å². The molecule has 130 valence electrons. The molecule has 1 spiro atoms. The molecular formula is C15H26N3O4S+. The Bertz CT molecular complexity index is 598. The molecule has 3 aliphatic rings. The highest BCUT2D eigenvalue weighted by Gasteiger charge is 2.52. The maximum atomic E-state index is 12.8. The van der Waals surface area contributed by atoms with E-state index in [1.165, 1.54) is 4.90 Å². The minimum atomic E-state index is -2.96. The van der Waals surface area contributed by atoms with E-state index in [0.717, 1.165) is 24.2 Å². The number of imide groups is 1. The number of rotatable bonds is 4. The molecule has 0 aromatic heterocycles. The predicted octanol–water partition coefficient (Wildman–Crippen LogP) is -0.709. The Morgan fingerprint density at radius 3 is 2.52 bits per heavy atom. The highest BCUT2D eigenvalue weighted by molar-refractivity contribution is 7.91. The first-order valence-electron chi connectivity index (χ1n) is 8.56. The van der Waals surface area contributed by atoms with Gasteiger partial charge in [-0.1, -0.05) is 19.3 Å². The predicted molar refractivity (Wildman–Crippen MR) is 84.6 cm³/mol. The van der Waals surface area contributed by atoms with Crippen molar-refractivity contribution >= 4 is 21.8 Å². The lowest BCUT2D eigenvalue weighted by molar-refractivity contribution is -0.927. The summed E-state index contributed by atoms with van der Waals surface area (Å²) in [5, 5.41) is 2.91. The number of urea groups is 1. The van der Waals surface area contributed by atoms with Gasteiger partial charge >= 0.3 is 6.03 Å². The lowest BCUT2D eigenvalue weighted by atomic mass is 9.82. The van der Waals surface area contributed by atoms with Crippen LogP contribution in [0.5, 0.6) is 0 Å². The third-order valence-electron chi connectivity index (χ3n) is 5.58. The Kier molecular flexibility index (Phi) is 4.39. The van der Waals surface area contributed by atoms with Crippen molar-refractivity contribution in [1.29, 1.82) is 0 Å². The van der Waals surface area contributed by atoms with Gasteiger partial charge in [0.25, 0.3) is 5.91 Å². The van der Waals surface area contributed by atoms with Crippen LogP contribution in [0.25, 0.3) is 0 Å². The third kappa shape index (κ3) is 3.10. The van der Waals surface area contributed by atoms with Gasteiger partial charge in [0.1, 0.15) is 17.3 Å². The van der Waals surface area contributed by atoms with Gasteiger partial charge < -0.3 is 10.2 Å². The van der Waals surface area contributed by atoms with Gasteiger partial charge in [-0.15, -0.1) is 0 Å². The molecular weight excluding hydrogens is 318 g/mol. The van der Waals surface area contributed by atoms with E-state index in [4.69, 9.17) is 0 Å². The van der Waals surface area contributed by atoms with Crippen LogP contribution in [0.3, 0.4) is 0 Å². The molecule has 0 aromatic carbocycles. The monoisotopic (exact) mass is 344 g/mol. The molecule has 1 saturated carbocycles. The van der Waals surface area contributed by atoms with Crippen LogP contribution < -0.4 is 10.2 Å². The Balaban J connectivity index is 1.71. The van der Waals surface area contributed by atoms with Crippen LogP contribution in [0.2, 0.25) is 0 Å². The van der Waals surface area contributed by atoms with Crippen LogP contribution in [0.15, 0.2) is 0 Å². The Labute approximate surface area is 137 Å². The molecule has 8 heteroatoms. The van der Waals surface area contributed by atoms with Crippen molar-refractivity contribution in [3.05, 3.63) is 0 Å². The average molecular weight is 344 g/mol. The maximum Gasteiger partial charge on any atom is 0.329 e. The summed E-state index contributed by atoms with van der Waals surface area (Å²) < 4.78 is 23.4. The number of amides is 3. The summed E-state index contributed by atoms with van der Waals surface area (Å²) in [7, 11) is -2.96. The van der Waals surface area contributed by atoms with Crippen LogP contribution in [0.1, 0.15) is 45.4 Å². The molecule has 2 N–H and O–H groups in total. The van der Waals surface area contributed by atoms with Gasteiger partial charge in [0.2, 0.25) is 0 Å². The van der Waals surface area contributed by atoms with Crippen molar-refractivity contribution in [2.75, 3.05) is 24.7 Å². The first kappa shape index (κ1) is 16.7. The molecule has 0 radical (unpaired) electrons. The second-order valence-corrected chi connectivity index (χ2v) is 9.30. The summed E-state index contributed by atoms with van der Waals surface area (Å²) in [4.78, 5) is 27.4. The molecule has 0 bridgehead atoms. The molecule has 2 aliphatic heterocycles. The molecule has 2 saturated heterocycles. The van der Waals surface area contributed by atoms with Crippen LogP contribution in [0.4, 0.5) is 4.79 Å². The molecule has 7 nitrogen and oxygen atoms in total. The number of sulfone groups is 1. The fourth-order valence-corrected chi connectivity index (χ4v) is 5.99. The van der Waals surface area contributed by atoms with Crippen LogP contribution in [-0.2, 0) is 14.6 Å². The molecule has 0 aromatic rings. The zero-order valence-electron chi connectivity index (χ0n) is 13.6. The number of carbonyl (C=O) groups is 2. The Hall–Kier alpha value is -1.15. The van der Waals surface area contributed by atoms with Gasteiger partial charge in [0.15, 0.2) is 16.5 Å². The molecule has 3 fully saturated rings. The third-order valence-corrected chi connectivity index (χ3v) is 7.35. The quantitative estimate of drug-likeness (QED) is 0.660. The second kappa shape index (κ2) is 6.05. The summed E-state index contributed by atoms with van der Waals surface area (Å²) in [5.41, 5.74) is -0.698. The van der Waals surface area contributed by atoms with E-state index in [-0.39, 0.29) is 36.2 Å². The summed E-state index contributed by atoms with van der Waals surface area (Å²) in [6, 6.07) is -0.336. The van der Waals surface area contributed by atoms with E-state index in [1.54, 1.807) is 0 Å². The summed E-state index contributed by atoms with van der Waals surface area (Å²) in [6.45, 7) is 2.93. The van der Waals surface area contributed by atoms with Crippen molar-refractivity contribution in [1.82, 2.24) is 10.2 Å². The van der Waals surface area contributed by atoms with Gasteiger partial charge in [0, 0.05) is 6.42 Å². The van der Waals surface area contributed by atoms with Gasteiger partial charge in [-0.05, 0) is 19.8 Å². The van der Waals surface area contributed by atoms with E-state index in [1.807, 2.05) is 6.92 Å². The van der Waals surface area contributed by atoms with E-state index < -0.39 is 15.4 Å². The molecule has 3 amide bonds. The summed E-state index contributed by atoms with van der Waals surface area (Å²) in [6.07, 6.45) is 5.08. The number of nitrogens with zero attached hydrogens (tertiary/aromatic N) is 1. The number of nitrogens with one attached hydrogen (secondary N) is 2. The largest absolute Gasteiger partial charge is 0.329 e. The first-order chi connectivity index (χ1) is 10.9. The minimum Gasteiger partial charge on any atom is -0.323 e. The highest BCUT2D eigenvalue weighted by Crippen LogP contribution is 2.33. The second-order valence-electron chi connectivity index (χ2n) is 7.08. The normalized spacial score (nSPS) is 30.7. The van der Waals surface area contributed by atoms with Gasteiger partial charge in [-0.25, -0.2) is 18.1 Å². The smallest absolute Gasteiger partial charge is 0.323 e. The van der Waals surface area contributed by atoms with Crippen LogP contribution >= 0.6 is 0 Å². The van der Waals surface area contributed by atoms with Crippen molar-refractivity contribution in [3.8, 4) is 0 Å². The van der Waals surface area contributed by atoms with Crippen molar-refractivity contribution in [2.45, 2.75) is 57.0 Å². The first-order valence-corrected chi connectivity index (χ1v) is 10.4. The van der Waals surface area contributed by atoms with E-state index in [9.17, 15) is 18.0 Å². The number of hydrogen-bond donors (Lipinski definition) is 2. The molecule has 2 atom stereocenters. The molecule has 1 aliphatic carbocycles. The molecule has 23 heavy (non-hydrogen) atoms. The van der Waals surface area contributed by atoms with Crippen LogP contribution in [0, 0.1) is 0 Å². The molecule has 3 rings (SSSR count). The zero-order chi connectivity index (χ0) is 16.7. The number of quaternary nitrogens is 1. The van der Waals surface area contributed by atoms with Crippen molar-refractivity contribution in [3.63, 3.8) is 0 Å². The maximum absolute atomic E-state index is 12.8. The lowest BCUT2D eigenvalue weighted by Crippen LogP contribution is -3.17. The van der Waals surface area contributed by atoms with Crippen LogP contribution in [-0.4, -0.2) is 61.6 Å². The minimum absolute atomic E-state index is 0.0199. The molecule has 2 heterocycles. The standard InChI is InChI=1S/C15H25N3O4S/c1-2-17(12-6-9-23(21,22)10-12)11-18-13(19)15(16-14(18)20)7-4-3-5-8-15/h12H,2-11H2,1H3,(H,16,20)/p+1/t12-/m0/s1. The van der Waals surface area contributed by atoms with Crippen molar-refractivity contribution in [2.24, 2.45) is 0 Å². The van der Waals surface area contributed by atoms with Gasteiger partial charge in [-0.3, -0.25) is 4.79 Å². The topological polar surface area (TPSA) is 88.0 Å². The van der Waals surface area contributed by atoms with E-state index in [0.29, 0.717) is 25.8 Å². The fraction of sp³-hybridized carbons (Fsp3) is 0.867. The summed E-state index contributed by atoms with van der Waals surface area (Å²) >= 11 is 0. The average Bonchev–Trinajstić information content (AvgIpc) is 2.97. The Morgan fingerprint density at radius 2 is 1.96 bits per heavy atom. The zero-order valence-corrected chi connectivity index (χ0v) is 14.5. The van der Waals surface area contributed by atoms with Crippen molar-refractivity contribution < 1.29 is 22.9 Å². The van der Waals surface area contributed by atoms with Gasteiger partial charge in [-0.2, -0.15) is 0 Å².